The quantitative estimate of drug-likeness (QED) is 0.717. The van der Waals surface area contributed by atoms with Crippen molar-refractivity contribution in [3.8, 4) is 11.5 Å². The van der Waals surface area contributed by atoms with Gasteiger partial charge in [-0.2, -0.15) is 0 Å². The Labute approximate surface area is 166 Å². The number of benzene rings is 1. The number of nitrogens with one attached hydrogen (secondary N) is 1. The number of carbonyl (C=O) groups is 2. The van der Waals surface area contributed by atoms with Gasteiger partial charge in [-0.3, -0.25) is 14.5 Å². The number of hydrogen-bond acceptors (Lipinski definition) is 6. The zero-order valence-electron chi connectivity index (χ0n) is 17.0. The summed E-state index contributed by atoms with van der Waals surface area (Å²) < 4.78 is 16.4. The lowest BCUT2D eigenvalue weighted by Gasteiger charge is -2.30. The maximum Gasteiger partial charge on any atom is 0.308 e. The molecule has 28 heavy (non-hydrogen) atoms. The number of esters is 1. The molecule has 0 saturated carbocycles. The van der Waals surface area contributed by atoms with E-state index in [-0.39, 0.29) is 23.9 Å². The Bertz CT molecular complexity index is 713. The molecule has 0 aromatic heterocycles. The molecular formula is C21H30N2O5. The van der Waals surface area contributed by atoms with Gasteiger partial charge in [0, 0.05) is 24.1 Å². The minimum atomic E-state index is -0.152. The van der Waals surface area contributed by atoms with Crippen LogP contribution in [0.15, 0.2) is 12.1 Å². The number of nitrogens with zero attached hydrogens (tertiary/aromatic N) is 1. The molecule has 1 aromatic rings. The third kappa shape index (κ3) is 4.95. The van der Waals surface area contributed by atoms with Gasteiger partial charge in [0.15, 0.2) is 0 Å². The molecule has 1 fully saturated rings. The van der Waals surface area contributed by atoms with E-state index in [0.717, 1.165) is 55.0 Å². The lowest BCUT2D eigenvalue weighted by atomic mass is 9.97. The largest absolute Gasteiger partial charge is 0.494 e. The number of methoxy groups -OCH3 is 1. The smallest absolute Gasteiger partial charge is 0.308 e. The van der Waals surface area contributed by atoms with Crippen LogP contribution < -0.4 is 14.8 Å². The number of piperidine rings is 1. The number of rotatable bonds is 7. The second-order valence-corrected chi connectivity index (χ2v) is 7.48. The first kappa shape index (κ1) is 20.5. The number of amides is 1. The fourth-order valence-electron chi connectivity index (χ4n) is 3.86. The lowest BCUT2D eigenvalue weighted by molar-refractivity contribution is -0.147. The molecule has 1 amide bonds. The molecule has 2 aliphatic rings. The topological polar surface area (TPSA) is 77.1 Å². The average Bonchev–Trinajstić information content (AvgIpc) is 3.05. The normalized spacial score (nSPS) is 19.6. The zero-order valence-corrected chi connectivity index (χ0v) is 17.0. The van der Waals surface area contributed by atoms with Gasteiger partial charge in [0.05, 0.1) is 26.2 Å². The first-order valence-corrected chi connectivity index (χ1v) is 10.0. The Hall–Kier alpha value is -2.28. The maximum atomic E-state index is 12.4. The van der Waals surface area contributed by atoms with Gasteiger partial charge in [-0.05, 0) is 51.9 Å². The molecule has 0 spiro atoms. The van der Waals surface area contributed by atoms with Crippen molar-refractivity contribution in [2.24, 2.45) is 5.92 Å². The maximum absolute atomic E-state index is 12.4. The van der Waals surface area contributed by atoms with Crippen LogP contribution >= 0.6 is 0 Å². The minimum absolute atomic E-state index is 0.0336. The Kier molecular flexibility index (Phi) is 6.78. The summed E-state index contributed by atoms with van der Waals surface area (Å²) in [5.74, 6) is 1.45. The lowest BCUT2D eigenvalue weighted by Crippen LogP contribution is -2.42. The van der Waals surface area contributed by atoms with Crippen LogP contribution in [0.3, 0.4) is 0 Å². The van der Waals surface area contributed by atoms with Crippen LogP contribution in [0.2, 0.25) is 0 Å². The van der Waals surface area contributed by atoms with Crippen molar-refractivity contribution in [1.29, 1.82) is 0 Å². The van der Waals surface area contributed by atoms with Gasteiger partial charge in [-0.25, -0.2) is 0 Å². The summed E-state index contributed by atoms with van der Waals surface area (Å²) in [6, 6.07) is 4.01. The zero-order chi connectivity index (χ0) is 20.1. The summed E-state index contributed by atoms with van der Waals surface area (Å²) >= 11 is 0. The fourth-order valence-corrected chi connectivity index (χ4v) is 3.86. The van der Waals surface area contributed by atoms with Crippen molar-refractivity contribution in [2.45, 2.75) is 45.8 Å². The van der Waals surface area contributed by atoms with Crippen LogP contribution in [0.25, 0.3) is 0 Å². The summed E-state index contributed by atoms with van der Waals surface area (Å²) in [7, 11) is 1.42. The molecule has 1 saturated heterocycles. The first-order valence-electron chi connectivity index (χ1n) is 10.0. The SMILES string of the molecule is CCOc1cc2c(cc1CNC(=O)CN1CCC(C(=O)OC)CC1)O[C@@H](C)C2. The predicted octanol–water partition coefficient (Wildman–Crippen LogP) is 1.91. The molecule has 7 heteroatoms. The van der Waals surface area contributed by atoms with E-state index in [1.54, 1.807) is 0 Å². The molecule has 3 rings (SSSR count). The first-order chi connectivity index (χ1) is 13.5. The molecule has 1 N–H and O–H groups in total. The third-order valence-corrected chi connectivity index (χ3v) is 5.34. The highest BCUT2D eigenvalue weighted by Gasteiger charge is 2.26. The Morgan fingerprint density at radius 3 is 2.71 bits per heavy atom. The van der Waals surface area contributed by atoms with Crippen LogP contribution in [-0.4, -0.2) is 56.2 Å². The summed E-state index contributed by atoms with van der Waals surface area (Å²) in [6.07, 6.45) is 2.51. The number of carbonyl (C=O) groups excluding carboxylic acids is 2. The fraction of sp³-hybridized carbons (Fsp3) is 0.619. The monoisotopic (exact) mass is 390 g/mol. The molecule has 0 bridgehead atoms. The van der Waals surface area contributed by atoms with Gasteiger partial charge in [0.1, 0.15) is 17.6 Å². The Balaban J connectivity index is 1.52. The number of ether oxygens (including phenoxy) is 3. The molecule has 154 valence electrons. The van der Waals surface area contributed by atoms with Crippen molar-refractivity contribution < 1.29 is 23.8 Å². The van der Waals surface area contributed by atoms with Gasteiger partial charge < -0.3 is 19.5 Å². The number of likely N-dealkylation sites (tertiary alicyclic amines) is 1. The van der Waals surface area contributed by atoms with E-state index in [1.165, 1.54) is 7.11 Å². The molecule has 0 aliphatic carbocycles. The van der Waals surface area contributed by atoms with Gasteiger partial charge in [-0.15, -0.1) is 0 Å². The molecule has 7 nitrogen and oxygen atoms in total. The second kappa shape index (κ2) is 9.28. The Morgan fingerprint density at radius 2 is 2.04 bits per heavy atom. The molecule has 0 radical (unpaired) electrons. The van der Waals surface area contributed by atoms with E-state index < -0.39 is 0 Å². The summed E-state index contributed by atoms with van der Waals surface area (Å²) in [5, 5.41) is 2.98. The van der Waals surface area contributed by atoms with Crippen LogP contribution in [0, 0.1) is 5.92 Å². The molecule has 1 aromatic carbocycles. The predicted molar refractivity (Wildman–Crippen MR) is 104 cm³/mol. The van der Waals surface area contributed by atoms with Crippen LogP contribution in [-0.2, 0) is 27.3 Å². The van der Waals surface area contributed by atoms with Gasteiger partial charge in [0.25, 0.3) is 0 Å². The van der Waals surface area contributed by atoms with Crippen molar-refractivity contribution in [1.82, 2.24) is 10.2 Å². The second-order valence-electron chi connectivity index (χ2n) is 7.48. The number of hydrogen-bond donors (Lipinski definition) is 1. The van der Waals surface area contributed by atoms with Crippen LogP contribution in [0.4, 0.5) is 0 Å². The molecular weight excluding hydrogens is 360 g/mol. The average molecular weight is 390 g/mol. The van der Waals surface area contributed by atoms with E-state index >= 15 is 0 Å². The van der Waals surface area contributed by atoms with Crippen molar-refractivity contribution >= 4 is 11.9 Å². The summed E-state index contributed by atoms with van der Waals surface area (Å²) in [4.78, 5) is 26.1. The van der Waals surface area contributed by atoms with E-state index in [0.29, 0.717) is 19.7 Å². The van der Waals surface area contributed by atoms with E-state index in [4.69, 9.17) is 14.2 Å². The van der Waals surface area contributed by atoms with Crippen molar-refractivity contribution in [2.75, 3.05) is 33.4 Å². The third-order valence-electron chi connectivity index (χ3n) is 5.34. The van der Waals surface area contributed by atoms with Crippen LogP contribution in [0.1, 0.15) is 37.8 Å². The summed E-state index contributed by atoms with van der Waals surface area (Å²) in [5.41, 5.74) is 2.08. The van der Waals surface area contributed by atoms with E-state index in [9.17, 15) is 9.59 Å². The highest BCUT2D eigenvalue weighted by atomic mass is 16.5. The standard InChI is InChI=1S/C21H30N2O5/c1-4-27-18-10-16-9-14(2)28-19(16)11-17(18)12-22-20(24)13-23-7-5-15(6-8-23)21(25)26-3/h10-11,14-15H,4-9,12-13H2,1-3H3,(H,22,24)/t14-/m0/s1. The Morgan fingerprint density at radius 1 is 1.29 bits per heavy atom. The van der Waals surface area contributed by atoms with E-state index in [2.05, 4.69) is 10.2 Å². The van der Waals surface area contributed by atoms with Crippen LogP contribution in [0.5, 0.6) is 11.5 Å². The molecule has 0 unspecified atom stereocenters. The number of fused-ring (bicyclic) bond motifs is 1. The summed E-state index contributed by atoms with van der Waals surface area (Å²) in [6.45, 7) is 6.75. The van der Waals surface area contributed by atoms with Gasteiger partial charge in [-0.1, -0.05) is 0 Å². The van der Waals surface area contributed by atoms with Crippen molar-refractivity contribution in [3.05, 3.63) is 23.3 Å². The van der Waals surface area contributed by atoms with Gasteiger partial charge in [0.2, 0.25) is 5.91 Å². The van der Waals surface area contributed by atoms with Gasteiger partial charge >= 0.3 is 5.97 Å². The van der Waals surface area contributed by atoms with Crippen molar-refractivity contribution in [3.63, 3.8) is 0 Å². The highest BCUT2D eigenvalue weighted by molar-refractivity contribution is 5.78. The minimum Gasteiger partial charge on any atom is -0.494 e. The molecule has 2 heterocycles. The molecule has 1 atom stereocenters. The van der Waals surface area contributed by atoms with E-state index in [1.807, 2.05) is 26.0 Å². The molecule has 2 aliphatic heterocycles. The highest BCUT2D eigenvalue weighted by Crippen LogP contribution is 2.35.